The van der Waals surface area contributed by atoms with Crippen molar-refractivity contribution in [3.63, 3.8) is 0 Å². The zero-order valence-electron chi connectivity index (χ0n) is 18.8. The normalized spacial score (nSPS) is 12.8. The molecule has 166 valence electrons. The number of amides is 1. The minimum Gasteiger partial charge on any atom is -0.493 e. The van der Waals surface area contributed by atoms with Crippen LogP contribution in [0.4, 0.5) is 0 Å². The number of hydrogen-bond acceptors (Lipinski definition) is 5. The van der Waals surface area contributed by atoms with E-state index in [0.717, 1.165) is 23.1 Å². The molecule has 6 nitrogen and oxygen atoms in total. The summed E-state index contributed by atoms with van der Waals surface area (Å²) in [5, 5.41) is 2.72. The minimum atomic E-state index is -0.682. The maximum Gasteiger partial charge on any atom is 0.328 e. The zero-order valence-corrected chi connectivity index (χ0v) is 18.8. The highest BCUT2D eigenvalue weighted by molar-refractivity contribution is 5.94. The molecular weight excluding hydrogens is 394 g/mol. The van der Waals surface area contributed by atoms with Crippen LogP contribution in [0.15, 0.2) is 48.5 Å². The Morgan fingerprint density at radius 3 is 2.48 bits per heavy atom. The van der Waals surface area contributed by atoms with Gasteiger partial charge in [0.1, 0.15) is 12.6 Å². The average molecular weight is 426 g/mol. The van der Waals surface area contributed by atoms with Crippen LogP contribution in [-0.4, -0.2) is 32.1 Å². The maximum absolute atomic E-state index is 12.3. The average Bonchev–Trinajstić information content (AvgIpc) is 2.79. The number of esters is 1. The molecule has 0 spiro atoms. The van der Waals surface area contributed by atoms with Crippen LogP contribution in [0.2, 0.25) is 0 Å². The lowest BCUT2D eigenvalue weighted by molar-refractivity contribution is -0.146. The molecule has 0 aliphatic carbocycles. The van der Waals surface area contributed by atoms with Gasteiger partial charge in [-0.1, -0.05) is 50.6 Å². The Kier molecular flexibility index (Phi) is 9.13. The van der Waals surface area contributed by atoms with E-state index in [1.54, 1.807) is 19.3 Å². The molecule has 0 aliphatic heterocycles. The summed E-state index contributed by atoms with van der Waals surface area (Å²) >= 11 is 0. The zero-order chi connectivity index (χ0) is 22.8. The third-order valence-electron chi connectivity index (χ3n) is 5.23. The molecule has 6 heteroatoms. The van der Waals surface area contributed by atoms with E-state index in [1.165, 1.54) is 13.2 Å². The number of nitrogens with one attached hydrogen (secondary N) is 1. The molecule has 0 aromatic heterocycles. The molecule has 31 heavy (non-hydrogen) atoms. The van der Waals surface area contributed by atoms with E-state index in [2.05, 4.69) is 5.32 Å². The first-order valence-corrected chi connectivity index (χ1v) is 10.3. The summed E-state index contributed by atoms with van der Waals surface area (Å²) < 4.78 is 16.2. The molecule has 0 unspecified atom stereocenters. The van der Waals surface area contributed by atoms with Gasteiger partial charge in [-0.15, -0.1) is 0 Å². The largest absolute Gasteiger partial charge is 0.493 e. The van der Waals surface area contributed by atoms with E-state index >= 15 is 0 Å². The minimum absolute atomic E-state index is 0.0328. The summed E-state index contributed by atoms with van der Waals surface area (Å²) in [6.07, 6.45) is 3.79. The second-order valence-corrected chi connectivity index (χ2v) is 7.35. The fraction of sp³-hybridized carbons (Fsp3) is 0.360. The standard InChI is InChI=1S/C25H31NO5/c1-6-17(2)24(25(28)30-5)26-23(27)14-12-19-11-13-21(22(15-19)29-4)31-16-20-10-8-7-9-18(20)3/h7-15,17,24H,6,16H2,1-5H3,(H,26,27)/b14-12+/t17-,24-/m1/s1. The van der Waals surface area contributed by atoms with Crippen LogP contribution < -0.4 is 14.8 Å². The van der Waals surface area contributed by atoms with E-state index in [-0.39, 0.29) is 11.8 Å². The van der Waals surface area contributed by atoms with Crippen molar-refractivity contribution in [2.45, 2.75) is 39.8 Å². The molecule has 0 fully saturated rings. The molecule has 2 rings (SSSR count). The Morgan fingerprint density at radius 1 is 1.10 bits per heavy atom. The summed E-state index contributed by atoms with van der Waals surface area (Å²) in [5.74, 6) is 0.343. The molecule has 0 saturated heterocycles. The number of hydrogen-bond donors (Lipinski definition) is 1. The van der Waals surface area contributed by atoms with Crippen LogP contribution in [0.3, 0.4) is 0 Å². The van der Waals surface area contributed by atoms with Crippen molar-refractivity contribution in [1.29, 1.82) is 0 Å². The summed E-state index contributed by atoms with van der Waals surface area (Å²) in [5.41, 5.74) is 3.04. The number of carbonyl (C=O) groups excluding carboxylic acids is 2. The summed E-state index contributed by atoms with van der Waals surface area (Å²) in [7, 11) is 2.89. The SMILES string of the molecule is CC[C@@H](C)[C@@H](NC(=O)/C=C/c1ccc(OCc2ccccc2C)c(OC)c1)C(=O)OC. The first kappa shape index (κ1) is 24.0. The highest BCUT2D eigenvalue weighted by Gasteiger charge is 2.25. The molecule has 1 N–H and O–H groups in total. The molecule has 2 atom stereocenters. The first-order chi connectivity index (χ1) is 14.9. The quantitative estimate of drug-likeness (QED) is 0.454. The van der Waals surface area contributed by atoms with Crippen molar-refractivity contribution < 1.29 is 23.8 Å². The third kappa shape index (κ3) is 6.88. The van der Waals surface area contributed by atoms with Gasteiger partial charge in [0.15, 0.2) is 11.5 Å². The van der Waals surface area contributed by atoms with Gasteiger partial charge >= 0.3 is 5.97 Å². The lowest BCUT2D eigenvalue weighted by Crippen LogP contribution is -2.45. The van der Waals surface area contributed by atoms with Crippen molar-refractivity contribution in [1.82, 2.24) is 5.32 Å². The van der Waals surface area contributed by atoms with E-state index in [4.69, 9.17) is 14.2 Å². The predicted octanol–water partition coefficient (Wildman–Crippen LogP) is 4.30. The van der Waals surface area contributed by atoms with E-state index in [9.17, 15) is 9.59 Å². The lowest BCUT2D eigenvalue weighted by atomic mass is 9.99. The first-order valence-electron chi connectivity index (χ1n) is 10.3. The molecule has 2 aromatic carbocycles. The topological polar surface area (TPSA) is 73.9 Å². The number of benzene rings is 2. The Balaban J connectivity index is 2.06. The molecule has 1 amide bonds. The number of aryl methyl sites for hydroxylation is 1. The van der Waals surface area contributed by atoms with Gasteiger partial charge in [-0.3, -0.25) is 4.79 Å². The van der Waals surface area contributed by atoms with Crippen LogP contribution in [-0.2, 0) is 20.9 Å². The maximum atomic E-state index is 12.3. The summed E-state index contributed by atoms with van der Waals surface area (Å²) in [6, 6.07) is 12.8. The summed E-state index contributed by atoms with van der Waals surface area (Å²) in [6.45, 7) is 6.33. The van der Waals surface area contributed by atoms with E-state index in [1.807, 2.05) is 57.2 Å². The molecular formula is C25H31NO5. The van der Waals surface area contributed by atoms with Crippen molar-refractivity contribution in [3.05, 3.63) is 65.2 Å². The second kappa shape index (κ2) is 11.8. The van der Waals surface area contributed by atoms with Crippen LogP contribution in [0, 0.1) is 12.8 Å². The van der Waals surface area contributed by atoms with Crippen molar-refractivity contribution in [2.24, 2.45) is 5.92 Å². The fourth-order valence-electron chi connectivity index (χ4n) is 3.00. The van der Waals surface area contributed by atoms with Gasteiger partial charge in [0, 0.05) is 6.08 Å². The molecule has 0 aliphatic rings. The smallest absolute Gasteiger partial charge is 0.328 e. The molecule has 0 saturated carbocycles. The lowest BCUT2D eigenvalue weighted by Gasteiger charge is -2.21. The van der Waals surface area contributed by atoms with Crippen LogP contribution in [0.25, 0.3) is 6.08 Å². The van der Waals surface area contributed by atoms with Gasteiger partial charge < -0.3 is 19.5 Å². The van der Waals surface area contributed by atoms with Gasteiger partial charge in [0.2, 0.25) is 5.91 Å². The number of carbonyl (C=O) groups is 2. The van der Waals surface area contributed by atoms with Crippen molar-refractivity contribution in [3.8, 4) is 11.5 Å². The van der Waals surface area contributed by atoms with Crippen molar-refractivity contribution in [2.75, 3.05) is 14.2 Å². The molecule has 2 aromatic rings. The van der Waals surface area contributed by atoms with E-state index in [0.29, 0.717) is 18.1 Å². The Morgan fingerprint density at radius 2 is 1.84 bits per heavy atom. The van der Waals surface area contributed by atoms with E-state index < -0.39 is 12.0 Å². The highest BCUT2D eigenvalue weighted by Crippen LogP contribution is 2.29. The van der Waals surface area contributed by atoms with Crippen LogP contribution >= 0.6 is 0 Å². The molecule has 0 radical (unpaired) electrons. The third-order valence-corrected chi connectivity index (χ3v) is 5.23. The number of ether oxygens (including phenoxy) is 3. The van der Waals surface area contributed by atoms with Crippen LogP contribution in [0.5, 0.6) is 11.5 Å². The van der Waals surface area contributed by atoms with Gasteiger partial charge in [-0.05, 0) is 47.7 Å². The van der Waals surface area contributed by atoms with Gasteiger partial charge in [0.25, 0.3) is 0 Å². The predicted molar refractivity (Wildman–Crippen MR) is 121 cm³/mol. The number of methoxy groups -OCH3 is 2. The number of rotatable bonds is 10. The van der Waals surface area contributed by atoms with Crippen LogP contribution in [0.1, 0.15) is 37.0 Å². The monoisotopic (exact) mass is 425 g/mol. The Hall–Kier alpha value is -3.28. The van der Waals surface area contributed by atoms with Gasteiger partial charge in [0.05, 0.1) is 14.2 Å². The second-order valence-electron chi connectivity index (χ2n) is 7.35. The molecule has 0 bridgehead atoms. The summed E-state index contributed by atoms with van der Waals surface area (Å²) in [4.78, 5) is 24.3. The van der Waals surface area contributed by atoms with Gasteiger partial charge in [-0.25, -0.2) is 4.79 Å². The Labute approximate surface area is 184 Å². The van der Waals surface area contributed by atoms with Gasteiger partial charge in [-0.2, -0.15) is 0 Å². The van der Waals surface area contributed by atoms with Crippen molar-refractivity contribution >= 4 is 18.0 Å². The fourth-order valence-corrected chi connectivity index (χ4v) is 3.00. The molecule has 0 heterocycles. The Bertz CT molecular complexity index is 922. The highest BCUT2D eigenvalue weighted by atomic mass is 16.5.